The second-order valence-corrected chi connectivity index (χ2v) is 6.46. The number of thioether (sulfide) groups is 1. The van der Waals surface area contributed by atoms with E-state index in [2.05, 4.69) is 36.1 Å². The quantitative estimate of drug-likeness (QED) is 0.907. The predicted octanol–water partition coefficient (Wildman–Crippen LogP) is 3.00. The number of nitrogens with one attached hydrogen (secondary N) is 1. The predicted molar refractivity (Wildman–Crippen MR) is 78.9 cm³/mol. The third-order valence-corrected chi connectivity index (χ3v) is 4.20. The first-order chi connectivity index (χ1) is 8.65. The monoisotopic (exact) mass is 263 g/mol. The first-order valence-corrected chi connectivity index (χ1v) is 7.37. The van der Waals surface area contributed by atoms with E-state index in [9.17, 15) is 0 Å². The Labute approximate surface area is 113 Å². The molecule has 0 aliphatic carbocycles. The van der Waals surface area contributed by atoms with Gasteiger partial charge in [-0.2, -0.15) is 0 Å². The molecule has 0 aromatic carbocycles. The fourth-order valence-corrected chi connectivity index (χ4v) is 3.27. The number of pyridine rings is 1. The first-order valence-electron chi connectivity index (χ1n) is 6.49. The van der Waals surface area contributed by atoms with Crippen molar-refractivity contribution >= 4 is 16.9 Å². The molecule has 0 amide bonds. The van der Waals surface area contributed by atoms with Gasteiger partial charge in [-0.15, -0.1) is 0 Å². The molecule has 0 fully saturated rings. The van der Waals surface area contributed by atoms with Gasteiger partial charge >= 0.3 is 0 Å². The number of aromatic nitrogens is 1. The molecule has 1 N–H and O–H groups in total. The van der Waals surface area contributed by atoms with Gasteiger partial charge in [0, 0.05) is 24.2 Å². The molecular formula is C14H21N3S. The second-order valence-electron chi connectivity index (χ2n) is 5.17. The average molecular weight is 263 g/mol. The van der Waals surface area contributed by atoms with Crippen LogP contribution in [0.15, 0.2) is 23.5 Å². The molecular weight excluding hydrogens is 242 g/mol. The minimum atomic E-state index is 0.655. The summed E-state index contributed by atoms with van der Waals surface area (Å²) in [7, 11) is 0. The zero-order chi connectivity index (χ0) is 13.0. The highest BCUT2D eigenvalue weighted by atomic mass is 32.2. The number of hydrogen-bond donors (Lipinski definition) is 1. The second kappa shape index (κ2) is 6.23. The van der Waals surface area contributed by atoms with Crippen molar-refractivity contribution in [3.63, 3.8) is 0 Å². The summed E-state index contributed by atoms with van der Waals surface area (Å²) in [6.45, 7) is 8.43. The Bertz CT molecular complexity index is 429. The van der Waals surface area contributed by atoms with E-state index in [1.165, 1.54) is 17.5 Å². The van der Waals surface area contributed by atoms with Gasteiger partial charge in [0.2, 0.25) is 0 Å². The van der Waals surface area contributed by atoms with E-state index >= 15 is 0 Å². The van der Waals surface area contributed by atoms with E-state index in [4.69, 9.17) is 0 Å². The van der Waals surface area contributed by atoms with Crippen molar-refractivity contribution in [2.24, 2.45) is 10.9 Å². The molecule has 2 rings (SSSR count). The maximum atomic E-state index is 4.56. The standard InChI is InChI=1S/C14H21N3S/c1-10(2)6-13-9-17-14(18-13)16-8-12-7-15-5-4-11(12)3/h4-5,7,10,13H,6,8-9H2,1-3H3,(H,16,17). The molecule has 1 aliphatic heterocycles. The highest BCUT2D eigenvalue weighted by molar-refractivity contribution is 8.14. The molecule has 1 atom stereocenters. The van der Waals surface area contributed by atoms with Gasteiger partial charge in [-0.3, -0.25) is 9.98 Å². The van der Waals surface area contributed by atoms with Crippen LogP contribution in [0.4, 0.5) is 0 Å². The summed E-state index contributed by atoms with van der Waals surface area (Å²) in [5.74, 6) is 0.748. The van der Waals surface area contributed by atoms with Crippen LogP contribution in [0.5, 0.6) is 0 Å². The van der Waals surface area contributed by atoms with Gasteiger partial charge in [-0.1, -0.05) is 25.6 Å². The summed E-state index contributed by atoms with van der Waals surface area (Å²) in [5, 5.41) is 5.16. The molecule has 0 bridgehead atoms. The van der Waals surface area contributed by atoms with Gasteiger partial charge in [0.15, 0.2) is 5.17 Å². The van der Waals surface area contributed by atoms with Crippen LogP contribution in [-0.4, -0.2) is 21.9 Å². The zero-order valence-electron chi connectivity index (χ0n) is 11.3. The Hall–Kier alpha value is -1.03. The Morgan fingerprint density at radius 3 is 3.06 bits per heavy atom. The van der Waals surface area contributed by atoms with Crippen LogP contribution in [0.25, 0.3) is 0 Å². The first kappa shape index (κ1) is 13.4. The SMILES string of the molecule is Cc1ccncc1CNC1=NCC(CC(C)C)S1. The zero-order valence-corrected chi connectivity index (χ0v) is 12.1. The Kier molecular flexibility index (Phi) is 4.64. The molecule has 1 unspecified atom stereocenters. The van der Waals surface area contributed by atoms with Crippen LogP contribution >= 0.6 is 11.8 Å². The minimum Gasteiger partial charge on any atom is -0.361 e. The topological polar surface area (TPSA) is 37.3 Å². The number of nitrogens with zero attached hydrogens (tertiary/aromatic N) is 2. The summed E-state index contributed by atoms with van der Waals surface area (Å²) in [6, 6.07) is 2.04. The molecule has 3 nitrogen and oxygen atoms in total. The van der Waals surface area contributed by atoms with Crippen molar-refractivity contribution in [1.29, 1.82) is 0 Å². The lowest BCUT2D eigenvalue weighted by Crippen LogP contribution is -2.19. The number of amidine groups is 1. The number of aliphatic imine (C=N–C) groups is 1. The highest BCUT2D eigenvalue weighted by Crippen LogP contribution is 2.25. The van der Waals surface area contributed by atoms with Gasteiger partial charge in [0.05, 0.1) is 6.54 Å². The Morgan fingerprint density at radius 2 is 2.33 bits per heavy atom. The van der Waals surface area contributed by atoms with Crippen molar-refractivity contribution in [2.75, 3.05) is 6.54 Å². The molecule has 0 spiro atoms. The lowest BCUT2D eigenvalue weighted by molar-refractivity contribution is 0.575. The lowest BCUT2D eigenvalue weighted by Gasteiger charge is -2.11. The van der Waals surface area contributed by atoms with Crippen molar-refractivity contribution in [3.8, 4) is 0 Å². The minimum absolute atomic E-state index is 0.655. The number of hydrogen-bond acceptors (Lipinski definition) is 4. The molecule has 1 aromatic rings. The van der Waals surface area contributed by atoms with E-state index in [-0.39, 0.29) is 0 Å². The van der Waals surface area contributed by atoms with Crippen LogP contribution in [0.2, 0.25) is 0 Å². The van der Waals surface area contributed by atoms with E-state index < -0.39 is 0 Å². The van der Waals surface area contributed by atoms with E-state index in [1.807, 2.05) is 30.2 Å². The summed E-state index contributed by atoms with van der Waals surface area (Å²) in [5.41, 5.74) is 2.52. The van der Waals surface area contributed by atoms with Gasteiger partial charge in [-0.25, -0.2) is 0 Å². The van der Waals surface area contributed by atoms with E-state index in [0.717, 1.165) is 24.2 Å². The van der Waals surface area contributed by atoms with Crippen molar-refractivity contribution in [2.45, 2.75) is 39.0 Å². The largest absolute Gasteiger partial charge is 0.361 e. The summed E-state index contributed by atoms with van der Waals surface area (Å²) >= 11 is 1.88. The van der Waals surface area contributed by atoms with Gasteiger partial charge in [0.1, 0.15) is 0 Å². The third kappa shape index (κ3) is 3.73. The third-order valence-electron chi connectivity index (χ3n) is 3.03. The molecule has 0 saturated carbocycles. The maximum absolute atomic E-state index is 4.56. The molecule has 98 valence electrons. The van der Waals surface area contributed by atoms with Crippen LogP contribution in [-0.2, 0) is 6.54 Å². The van der Waals surface area contributed by atoms with Crippen molar-refractivity contribution in [3.05, 3.63) is 29.6 Å². The fraction of sp³-hybridized carbons (Fsp3) is 0.571. The molecule has 0 radical (unpaired) electrons. The summed E-state index contributed by atoms with van der Waals surface area (Å²) < 4.78 is 0. The number of rotatable bonds is 4. The Balaban J connectivity index is 1.80. The Morgan fingerprint density at radius 1 is 1.50 bits per heavy atom. The van der Waals surface area contributed by atoms with Gasteiger partial charge in [0.25, 0.3) is 0 Å². The van der Waals surface area contributed by atoms with Crippen LogP contribution in [0.1, 0.15) is 31.4 Å². The van der Waals surface area contributed by atoms with Crippen LogP contribution in [0.3, 0.4) is 0 Å². The fourth-order valence-electron chi connectivity index (χ4n) is 2.02. The lowest BCUT2D eigenvalue weighted by atomic mass is 10.1. The molecule has 2 heterocycles. The molecule has 4 heteroatoms. The van der Waals surface area contributed by atoms with E-state index in [0.29, 0.717) is 5.25 Å². The van der Waals surface area contributed by atoms with Gasteiger partial charge < -0.3 is 5.32 Å². The smallest absolute Gasteiger partial charge is 0.157 e. The van der Waals surface area contributed by atoms with Crippen molar-refractivity contribution in [1.82, 2.24) is 10.3 Å². The number of aryl methyl sites for hydroxylation is 1. The van der Waals surface area contributed by atoms with Crippen LogP contribution in [0, 0.1) is 12.8 Å². The summed E-state index contributed by atoms with van der Waals surface area (Å²) in [6.07, 6.45) is 5.00. The maximum Gasteiger partial charge on any atom is 0.157 e. The molecule has 18 heavy (non-hydrogen) atoms. The van der Waals surface area contributed by atoms with Gasteiger partial charge in [-0.05, 0) is 36.5 Å². The van der Waals surface area contributed by atoms with Crippen LogP contribution < -0.4 is 5.32 Å². The average Bonchev–Trinajstić information content (AvgIpc) is 2.75. The summed E-state index contributed by atoms with van der Waals surface area (Å²) in [4.78, 5) is 8.72. The molecule has 1 aromatic heterocycles. The van der Waals surface area contributed by atoms with Crippen molar-refractivity contribution < 1.29 is 0 Å². The van der Waals surface area contributed by atoms with E-state index in [1.54, 1.807) is 0 Å². The highest BCUT2D eigenvalue weighted by Gasteiger charge is 2.20. The molecule has 0 saturated heterocycles. The molecule has 1 aliphatic rings. The normalized spacial score (nSPS) is 19.1.